The third-order valence-electron chi connectivity index (χ3n) is 1.95. The van der Waals surface area contributed by atoms with Crippen LogP contribution in [-0.4, -0.2) is 0 Å². The second-order valence-corrected chi connectivity index (χ2v) is 2.90. The quantitative estimate of drug-likeness (QED) is 0.526. The van der Waals surface area contributed by atoms with Crippen molar-refractivity contribution in [1.29, 1.82) is 0 Å². The molecule has 0 radical (unpaired) electrons. The Hall–Kier alpha value is -1.52. The van der Waals surface area contributed by atoms with Crippen LogP contribution in [0.1, 0.15) is 12.8 Å². The van der Waals surface area contributed by atoms with Gasteiger partial charge in [0.1, 0.15) is 0 Å². The zero-order valence-corrected chi connectivity index (χ0v) is 7.79. The van der Waals surface area contributed by atoms with Crippen LogP contribution in [0.4, 0.5) is 0 Å². The molecule has 0 saturated heterocycles. The average molecular weight is 170 g/mol. The van der Waals surface area contributed by atoms with E-state index in [1.807, 2.05) is 0 Å². The lowest BCUT2D eigenvalue weighted by molar-refractivity contribution is 1.18. The summed E-state index contributed by atoms with van der Waals surface area (Å²) >= 11 is 0. The Balaban J connectivity index is 0.000000251. The highest BCUT2D eigenvalue weighted by Gasteiger charge is 2.05. The van der Waals surface area contributed by atoms with Crippen LogP contribution in [-0.2, 0) is 0 Å². The maximum Gasteiger partial charge on any atom is -0.00915 e. The molecule has 0 nitrogen and oxygen atoms in total. The monoisotopic (exact) mass is 170 g/mol. The van der Waals surface area contributed by atoms with Gasteiger partial charge in [-0.2, -0.15) is 0 Å². The normalized spacial score (nSPS) is 17.2. The lowest BCUT2D eigenvalue weighted by Crippen LogP contribution is -1.80. The molecule has 2 aliphatic rings. The molecule has 0 aromatic heterocycles. The van der Waals surface area contributed by atoms with Crippen molar-refractivity contribution in [2.45, 2.75) is 12.8 Å². The third-order valence-corrected chi connectivity index (χ3v) is 1.95. The van der Waals surface area contributed by atoms with Gasteiger partial charge in [0.2, 0.25) is 0 Å². The molecule has 0 N–H and O–H groups in total. The summed E-state index contributed by atoms with van der Waals surface area (Å²) in [4.78, 5) is 0. The van der Waals surface area contributed by atoms with Crippen molar-refractivity contribution in [3.8, 4) is 0 Å². The van der Waals surface area contributed by atoms with Crippen LogP contribution in [0, 0.1) is 0 Å². The van der Waals surface area contributed by atoms with E-state index in [2.05, 4.69) is 55.3 Å². The molecule has 0 aromatic rings. The zero-order chi connectivity index (χ0) is 9.52. The van der Waals surface area contributed by atoms with Gasteiger partial charge in [-0.15, -0.1) is 5.73 Å². The largest absolute Gasteiger partial charge is 0.137 e. The first-order valence-corrected chi connectivity index (χ1v) is 4.39. The van der Waals surface area contributed by atoms with Crippen molar-refractivity contribution < 1.29 is 0 Å². The van der Waals surface area contributed by atoms with Crippen LogP contribution in [0.5, 0.6) is 0 Å². The van der Waals surface area contributed by atoms with Gasteiger partial charge in [-0.25, -0.2) is 0 Å². The highest BCUT2D eigenvalue weighted by Crippen LogP contribution is 2.25. The van der Waals surface area contributed by atoms with E-state index in [1.165, 1.54) is 11.1 Å². The number of rotatable bonds is 1. The standard InChI is InChI=1S/C10H10.C3H4/c1-2-6-9(5-1)10-7-3-4-8-10;1-3-2/h1-5,7H,6,8H2;1-2H2. The molecule has 0 saturated carbocycles. The minimum absolute atomic E-state index is 1.13. The number of hydrogen-bond acceptors (Lipinski definition) is 0. The smallest absolute Gasteiger partial charge is 0.00915 e. The molecule has 0 aliphatic heterocycles. The molecule has 0 amide bonds. The molecule has 0 fully saturated rings. The molecular formula is C13H14. The van der Waals surface area contributed by atoms with Crippen LogP contribution in [0.2, 0.25) is 0 Å². The molecule has 0 bridgehead atoms. The van der Waals surface area contributed by atoms with Gasteiger partial charge in [0.15, 0.2) is 0 Å². The summed E-state index contributed by atoms with van der Waals surface area (Å²) in [6.45, 7) is 6.25. The Morgan fingerprint density at radius 3 is 1.54 bits per heavy atom. The lowest BCUT2D eigenvalue weighted by Gasteiger charge is -1.99. The lowest BCUT2D eigenvalue weighted by atomic mass is 10.1. The Bertz CT molecular complexity index is 288. The minimum Gasteiger partial charge on any atom is -0.137 e. The van der Waals surface area contributed by atoms with Gasteiger partial charge in [-0.1, -0.05) is 49.6 Å². The van der Waals surface area contributed by atoms with Gasteiger partial charge in [-0.05, 0) is 24.0 Å². The molecule has 0 unspecified atom stereocenters. The van der Waals surface area contributed by atoms with Crippen molar-refractivity contribution in [2.75, 3.05) is 0 Å². The second kappa shape index (κ2) is 5.18. The SMILES string of the molecule is C1=CCC(C2=CC=CC2)=C1.C=C=C. The average Bonchev–Trinajstić information content (AvgIpc) is 2.78. The van der Waals surface area contributed by atoms with Crippen LogP contribution >= 0.6 is 0 Å². The van der Waals surface area contributed by atoms with Gasteiger partial charge >= 0.3 is 0 Å². The molecule has 0 heterocycles. The molecule has 2 aliphatic carbocycles. The van der Waals surface area contributed by atoms with E-state index in [1.54, 1.807) is 0 Å². The van der Waals surface area contributed by atoms with Crippen molar-refractivity contribution in [3.05, 3.63) is 66.5 Å². The molecule has 66 valence electrons. The second-order valence-electron chi connectivity index (χ2n) is 2.90. The predicted octanol–water partition coefficient (Wildman–Crippen LogP) is 3.72. The fraction of sp³-hybridized carbons (Fsp3) is 0.154. The van der Waals surface area contributed by atoms with E-state index in [9.17, 15) is 0 Å². The number of allylic oxidation sites excluding steroid dienone is 8. The number of hydrogen-bond donors (Lipinski definition) is 0. The van der Waals surface area contributed by atoms with Gasteiger partial charge < -0.3 is 0 Å². The highest BCUT2D eigenvalue weighted by molar-refractivity contribution is 5.44. The van der Waals surface area contributed by atoms with Crippen LogP contribution < -0.4 is 0 Å². The Labute approximate surface area is 80.0 Å². The Morgan fingerprint density at radius 1 is 0.923 bits per heavy atom. The summed E-state index contributed by atoms with van der Waals surface area (Å²) in [6, 6.07) is 0. The molecule has 13 heavy (non-hydrogen) atoms. The van der Waals surface area contributed by atoms with E-state index < -0.39 is 0 Å². The van der Waals surface area contributed by atoms with E-state index in [0.29, 0.717) is 0 Å². The first-order valence-electron chi connectivity index (χ1n) is 4.39. The van der Waals surface area contributed by atoms with Crippen molar-refractivity contribution in [2.24, 2.45) is 0 Å². The van der Waals surface area contributed by atoms with Crippen LogP contribution in [0.3, 0.4) is 0 Å². The maximum absolute atomic E-state index is 3.12. The van der Waals surface area contributed by atoms with Crippen molar-refractivity contribution in [3.63, 3.8) is 0 Å². The van der Waals surface area contributed by atoms with E-state index >= 15 is 0 Å². The van der Waals surface area contributed by atoms with E-state index in [4.69, 9.17) is 0 Å². The summed E-state index contributed by atoms with van der Waals surface area (Å²) in [7, 11) is 0. The van der Waals surface area contributed by atoms with Gasteiger partial charge in [0, 0.05) is 0 Å². The van der Waals surface area contributed by atoms with Crippen LogP contribution in [0.25, 0.3) is 0 Å². The first kappa shape index (κ1) is 9.57. The summed E-state index contributed by atoms with van der Waals surface area (Å²) < 4.78 is 0. The highest BCUT2D eigenvalue weighted by atomic mass is 14.1. The Kier molecular flexibility index (Phi) is 3.81. The first-order chi connectivity index (χ1) is 6.38. The molecule has 2 rings (SSSR count). The fourth-order valence-corrected chi connectivity index (χ4v) is 1.37. The minimum atomic E-state index is 1.13. The summed E-state index contributed by atoms with van der Waals surface area (Å²) in [5, 5.41) is 0. The van der Waals surface area contributed by atoms with E-state index in [0.717, 1.165) is 12.8 Å². The molecule has 0 spiro atoms. The molecule has 0 heteroatoms. The molecular weight excluding hydrogens is 156 g/mol. The zero-order valence-electron chi connectivity index (χ0n) is 7.79. The Morgan fingerprint density at radius 2 is 1.31 bits per heavy atom. The maximum atomic E-state index is 3.12. The van der Waals surface area contributed by atoms with Gasteiger partial charge in [0.25, 0.3) is 0 Å². The molecule has 0 aromatic carbocycles. The van der Waals surface area contributed by atoms with E-state index in [-0.39, 0.29) is 0 Å². The summed E-state index contributed by atoms with van der Waals surface area (Å²) in [5.41, 5.74) is 5.23. The predicted molar refractivity (Wildman–Crippen MR) is 58.4 cm³/mol. The topological polar surface area (TPSA) is 0 Å². The summed E-state index contributed by atoms with van der Waals surface area (Å²) in [5.74, 6) is 0. The fourth-order valence-electron chi connectivity index (χ4n) is 1.37. The van der Waals surface area contributed by atoms with Crippen molar-refractivity contribution in [1.82, 2.24) is 0 Å². The molecule has 0 atom stereocenters. The van der Waals surface area contributed by atoms with Gasteiger partial charge in [0.05, 0.1) is 0 Å². The third kappa shape index (κ3) is 2.77. The van der Waals surface area contributed by atoms with Gasteiger partial charge in [-0.3, -0.25) is 0 Å². The van der Waals surface area contributed by atoms with Crippen molar-refractivity contribution >= 4 is 0 Å². The van der Waals surface area contributed by atoms with Crippen LogP contribution in [0.15, 0.2) is 66.5 Å². The summed E-state index contributed by atoms with van der Waals surface area (Å²) in [6.07, 6.45) is 15.4.